The Morgan fingerprint density at radius 3 is 2.55 bits per heavy atom. The van der Waals surface area contributed by atoms with E-state index in [-0.39, 0.29) is 5.91 Å². The maximum absolute atomic E-state index is 11.9. The molecular formula is C15H23ClN2O2. The molecule has 0 heterocycles. The zero-order chi connectivity index (χ0) is 15.1. The van der Waals surface area contributed by atoms with Crippen molar-refractivity contribution in [2.45, 2.75) is 27.2 Å². The van der Waals surface area contributed by atoms with Gasteiger partial charge < -0.3 is 15.0 Å². The number of methoxy groups -OCH3 is 1. The molecule has 0 aliphatic rings. The number of nitrogens with zero attached hydrogens (tertiary/aromatic N) is 1. The Balaban J connectivity index is 2.62. The molecule has 1 amide bonds. The van der Waals surface area contributed by atoms with Gasteiger partial charge in [0, 0.05) is 37.1 Å². The van der Waals surface area contributed by atoms with E-state index in [0.717, 1.165) is 24.3 Å². The number of aryl methyl sites for hydroxylation is 1. The van der Waals surface area contributed by atoms with Crippen molar-refractivity contribution in [2.75, 3.05) is 32.1 Å². The minimum absolute atomic E-state index is 0.159. The summed E-state index contributed by atoms with van der Waals surface area (Å²) < 4.78 is 5.29. The number of hydrogen-bond donors (Lipinski definition) is 1. The van der Waals surface area contributed by atoms with E-state index in [1.54, 1.807) is 13.2 Å². The zero-order valence-corrected chi connectivity index (χ0v) is 13.4. The third-order valence-electron chi connectivity index (χ3n) is 3.25. The summed E-state index contributed by atoms with van der Waals surface area (Å²) in [4.78, 5) is 13.7. The molecule has 0 saturated heterocycles. The van der Waals surface area contributed by atoms with Gasteiger partial charge in [0.2, 0.25) is 5.91 Å². The summed E-state index contributed by atoms with van der Waals surface area (Å²) in [6.45, 7) is 7.99. The predicted octanol–water partition coefficient (Wildman–Crippen LogP) is 3.33. The molecule has 0 aliphatic carbocycles. The molecule has 4 nitrogen and oxygen atoms in total. The van der Waals surface area contributed by atoms with Gasteiger partial charge in [0.1, 0.15) is 5.75 Å². The third kappa shape index (κ3) is 4.30. The van der Waals surface area contributed by atoms with Gasteiger partial charge in [-0.3, -0.25) is 4.79 Å². The van der Waals surface area contributed by atoms with E-state index in [1.807, 2.05) is 31.7 Å². The first-order chi connectivity index (χ1) is 9.53. The van der Waals surface area contributed by atoms with Crippen LogP contribution in [0.5, 0.6) is 5.75 Å². The lowest BCUT2D eigenvalue weighted by Crippen LogP contribution is -2.31. The number of carbonyl (C=O) groups is 1. The molecule has 1 rings (SSSR count). The van der Waals surface area contributed by atoms with Crippen molar-refractivity contribution in [3.63, 3.8) is 0 Å². The number of halogens is 1. The molecule has 0 spiro atoms. The molecule has 0 aromatic heterocycles. The minimum atomic E-state index is 0.159. The molecular weight excluding hydrogens is 276 g/mol. The van der Waals surface area contributed by atoms with Crippen LogP contribution >= 0.6 is 11.6 Å². The highest BCUT2D eigenvalue weighted by molar-refractivity contribution is 6.31. The van der Waals surface area contributed by atoms with Crippen LogP contribution in [0, 0.1) is 6.92 Å². The topological polar surface area (TPSA) is 41.6 Å². The van der Waals surface area contributed by atoms with Crippen molar-refractivity contribution < 1.29 is 9.53 Å². The molecule has 1 aromatic rings. The van der Waals surface area contributed by atoms with Crippen molar-refractivity contribution in [1.82, 2.24) is 4.90 Å². The lowest BCUT2D eigenvalue weighted by atomic mass is 10.2. The fraction of sp³-hybridized carbons (Fsp3) is 0.533. The molecule has 0 unspecified atom stereocenters. The Morgan fingerprint density at radius 2 is 2.00 bits per heavy atom. The van der Waals surface area contributed by atoms with Gasteiger partial charge in [0.15, 0.2) is 0 Å². The van der Waals surface area contributed by atoms with E-state index in [9.17, 15) is 4.79 Å². The maximum Gasteiger partial charge on any atom is 0.224 e. The standard InChI is InChI=1S/C15H23ClN2O2/c1-5-18(6-2)15(19)7-8-17-13-9-11(3)12(16)10-14(13)20-4/h9-10,17H,5-8H2,1-4H3. The van der Waals surface area contributed by atoms with Crippen LogP contribution in [0.25, 0.3) is 0 Å². The zero-order valence-electron chi connectivity index (χ0n) is 12.6. The van der Waals surface area contributed by atoms with Crippen molar-refractivity contribution in [3.8, 4) is 5.75 Å². The van der Waals surface area contributed by atoms with Crippen LogP contribution in [-0.2, 0) is 4.79 Å². The Morgan fingerprint density at radius 1 is 1.35 bits per heavy atom. The second-order valence-electron chi connectivity index (χ2n) is 4.54. The first-order valence-corrected chi connectivity index (χ1v) is 7.27. The average Bonchev–Trinajstić information content (AvgIpc) is 2.43. The first-order valence-electron chi connectivity index (χ1n) is 6.89. The van der Waals surface area contributed by atoms with Crippen molar-refractivity contribution in [2.24, 2.45) is 0 Å². The number of hydrogen-bond acceptors (Lipinski definition) is 3. The number of carbonyl (C=O) groups excluding carboxylic acids is 1. The molecule has 0 saturated carbocycles. The quantitative estimate of drug-likeness (QED) is 0.839. The Kier molecular flexibility index (Phi) is 6.65. The number of rotatable bonds is 7. The summed E-state index contributed by atoms with van der Waals surface area (Å²) in [6.07, 6.45) is 0.465. The molecule has 1 N–H and O–H groups in total. The van der Waals surface area contributed by atoms with Crippen LogP contribution < -0.4 is 10.1 Å². The van der Waals surface area contributed by atoms with Crippen LogP contribution in [-0.4, -0.2) is 37.6 Å². The van der Waals surface area contributed by atoms with E-state index in [4.69, 9.17) is 16.3 Å². The fourth-order valence-corrected chi connectivity index (χ4v) is 2.16. The van der Waals surface area contributed by atoms with Gasteiger partial charge in [0.25, 0.3) is 0 Å². The van der Waals surface area contributed by atoms with Crippen LogP contribution in [0.15, 0.2) is 12.1 Å². The van der Waals surface area contributed by atoms with Crippen molar-refractivity contribution in [1.29, 1.82) is 0 Å². The summed E-state index contributed by atoms with van der Waals surface area (Å²) in [5, 5.41) is 3.91. The minimum Gasteiger partial charge on any atom is -0.495 e. The lowest BCUT2D eigenvalue weighted by molar-refractivity contribution is -0.130. The molecule has 20 heavy (non-hydrogen) atoms. The molecule has 0 atom stereocenters. The van der Waals surface area contributed by atoms with Crippen LogP contribution in [0.3, 0.4) is 0 Å². The summed E-state index contributed by atoms with van der Waals surface area (Å²) >= 11 is 6.06. The number of ether oxygens (including phenoxy) is 1. The average molecular weight is 299 g/mol. The van der Waals surface area contributed by atoms with Crippen molar-refractivity contribution >= 4 is 23.2 Å². The highest BCUT2D eigenvalue weighted by Crippen LogP contribution is 2.30. The van der Waals surface area contributed by atoms with E-state index >= 15 is 0 Å². The second kappa shape index (κ2) is 8.00. The lowest BCUT2D eigenvalue weighted by Gasteiger charge is -2.19. The van der Waals surface area contributed by atoms with Gasteiger partial charge in [-0.15, -0.1) is 0 Å². The molecule has 0 radical (unpaired) electrons. The smallest absolute Gasteiger partial charge is 0.224 e. The highest BCUT2D eigenvalue weighted by Gasteiger charge is 2.10. The maximum atomic E-state index is 11.9. The summed E-state index contributed by atoms with van der Waals surface area (Å²) in [5.74, 6) is 0.850. The highest BCUT2D eigenvalue weighted by atomic mass is 35.5. The van der Waals surface area contributed by atoms with Crippen LogP contribution in [0.2, 0.25) is 5.02 Å². The molecule has 0 bridgehead atoms. The normalized spacial score (nSPS) is 10.2. The Labute approximate surface area is 126 Å². The van der Waals surface area contributed by atoms with E-state index in [2.05, 4.69) is 5.32 Å². The van der Waals surface area contributed by atoms with Gasteiger partial charge in [-0.2, -0.15) is 0 Å². The molecule has 0 aliphatic heterocycles. The number of amides is 1. The molecule has 5 heteroatoms. The number of benzene rings is 1. The fourth-order valence-electron chi connectivity index (χ4n) is 2.01. The third-order valence-corrected chi connectivity index (χ3v) is 3.66. The van der Waals surface area contributed by atoms with Crippen LogP contribution in [0.1, 0.15) is 25.8 Å². The molecule has 1 aromatic carbocycles. The Bertz CT molecular complexity index is 459. The van der Waals surface area contributed by atoms with E-state index in [0.29, 0.717) is 23.7 Å². The number of nitrogens with one attached hydrogen (secondary N) is 1. The van der Waals surface area contributed by atoms with Crippen LogP contribution in [0.4, 0.5) is 5.69 Å². The van der Waals surface area contributed by atoms with E-state index < -0.39 is 0 Å². The Hall–Kier alpha value is -1.42. The predicted molar refractivity (Wildman–Crippen MR) is 83.8 cm³/mol. The largest absolute Gasteiger partial charge is 0.495 e. The van der Waals surface area contributed by atoms with Gasteiger partial charge in [-0.1, -0.05) is 11.6 Å². The summed E-state index contributed by atoms with van der Waals surface area (Å²) in [6, 6.07) is 3.72. The number of anilines is 1. The SMILES string of the molecule is CCN(CC)C(=O)CCNc1cc(C)c(Cl)cc1OC. The first kappa shape index (κ1) is 16.6. The van der Waals surface area contributed by atoms with Crippen molar-refractivity contribution in [3.05, 3.63) is 22.7 Å². The van der Waals surface area contributed by atoms with Gasteiger partial charge >= 0.3 is 0 Å². The molecule has 0 fully saturated rings. The summed E-state index contributed by atoms with van der Waals surface area (Å²) in [5.41, 5.74) is 1.84. The van der Waals surface area contributed by atoms with E-state index in [1.165, 1.54) is 0 Å². The summed E-state index contributed by atoms with van der Waals surface area (Å²) in [7, 11) is 1.60. The monoisotopic (exact) mass is 298 g/mol. The molecule has 112 valence electrons. The second-order valence-corrected chi connectivity index (χ2v) is 4.95. The van der Waals surface area contributed by atoms with Gasteiger partial charge in [0.05, 0.1) is 12.8 Å². The van der Waals surface area contributed by atoms with Gasteiger partial charge in [-0.25, -0.2) is 0 Å². The van der Waals surface area contributed by atoms with Gasteiger partial charge in [-0.05, 0) is 32.4 Å².